The molecule has 0 spiro atoms. The average molecular weight is 123 g/mol. The lowest BCUT2D eigenvalue weighted by atomic mass is 10.1. The van der Waals surface area contributed by atoms with Crippen molar-refractivity contribution in [3.63, 3.8) is 0 Å². The highest BCUT2D eigenvalue weighted by atomic mass is 16.3. The molecule has 0 atom stereocenters. The maximum Gasteiger partial charge on any atom is 0.0881 e. The predicted molar refractivity (Wildman–Crippen MR) is 36.9 cm³/mol. The van der Waals surface area contributed by atoms with Crippen LogP contribution in [0.5, 0.6) is 0 Å². The SMILES string of the molecule is CC1=C(N=O)CCC=C1. The zero-order valence-corrected chi connectivity index (χ0v) is 5.42. The number of nitrogens with zero attached hydrogens (tertiary/aromatic N) is 1. The fourth-order valence-corrected chi connectivity index (χ4v) is 0.891. The first-order valence-corrected chi connectivity index (χ1v) is 3.04. The first kappa shape index (κ1) is 6.20. The van der Waals surface area contributed by atoms with Crippen LogP contribution in [-0.4, -0.2) is 0 Å². The second-order valence-corrected chi connectivity index (χ2v) is 2.16. The molecule has 1 rings (SSSR count). The van der Waals surface area contributed by atoms with Crippen LogP contribution in [0.4, 0.5) is 0 Å². The van der Waals surface area contributed by atoms with Gasteiger partial charge in [-0.2, -0.15) is 0 Å². The van der Waals surface area contributed by atoms with Crippen molar-refractivity contribution in [3.05, 3.63) is 28.3 Å². The lowest BCUT2D eigenvalue weighted by Crippen LogP contribution is -1.87. The minimum absolute atomic E-state index is 0.706. The summed E-state index contributed by atoms with van der Waals surface area (Å²) >= 11 is 0. The van der Waals surface area contributed by atoms with Crippen molar-refractivity contribution < 1.29 is 0 Å². The van der Waals surface area contributed by atoms with E-state index in [1.165, 1.54) is 0 Å². The van der Waals surface area contributed by atoms with Gasteiger partial charge >= 0.3 is 0 Å². The van der Waals surface area contributed by atoms with E-state index in [-0.39, 0.29) is 0 Å². The minimum Gasteiger partial charge on any atom is -0.145 e. The van der Waals surface area contributed by atoms with Crippen LogP contribution >= 0.6 is 0 Å². The fraction of sp³-hybridized carbons (Fsp3) is 0.429. The first-order chi connectivity index (χ1) is 4.34. The summed E-state index contributed by atoms with van der Waals surface area (Å²) < 4.78 is 0. The van der Waals surface area contributed by atoms with Crippen LogP contribution in [0.2, 0.25) is 0 Å². The van der Waals surface area contributed by atoms with Crippen LogP contribution < -0.4 is 0 Å². The monoisotopic (exact) mass is 123 g/mol. The molecular weight excluding hydrogens is 114 g/mol. The summed E-state index contributed by atoms with van der Waals surface area (Å²) in [5.74, 6) is 0. The highest BCUT2D eigenvalue weighted by molar-refractivity contribution is 5.26. The van der Waals surface area contributed by atoms with E-state index in [0.717, 1.165) is 18.4 Å². The Kier molecular flexibility index (Phi) is 1.78. The Labute approximate surface area is 54.2 Å². The molecule has 0 aromatic heterocycles. The van der Waals surface area contributed by atoms with E-state index in [1.807, 2.05) is 13.0 Å². The van der Waals surface area contributed by atoms with Gasteiger partial charge in [0.1, 0.15) is 0 Å². The summed E-state index contributed by atoms with van der Waals surface area (Å²) in [5, 5.41) is 2.91. The van der Waals surface area contributed by atoms with E-state index in [2.05, 4.69) is 11.3 Å². The third kappa shape index (κ3) is 1.25. The average Bonchev–Trinajstić information content (AvgIpc) is 1.89. The summed E-state index contributed by atoms with van der Waals surface area (Å²) in [7, 11) is 0. The number of hydrogen-bond acceptors (Lipinski definition) is 2. The van der Waals surface area contributed by atoms with Crippen LogP contribution in [-0.2, 0) is 0 Å². The maximum atomic E-state index is 10.0. The summed E-state index contributed by atoms with van der Waals surface area (Å²) in [6.07, 6.45) is 5.77. The minimum atomic E-state index is 0.706. The van der Waals surface area contributed by atoms with Gasteiger partial charge in [-0.3, -0.25) is 0 Å². The molecule has 0 unspecified atom stereocenters. The van der Waals surface area contributed by atoms with Gasteiger partial charge < -0.3 is 0 Å². The quantitative estimate of drug-likeness (QED) is 0.492. The standard InChI is InChI=1S/C7H9NO/c1-6-4-2-3-5-7(6)8-9/h2,4H,3,5H2,1H3. The van der Waals surface area contributed by atoms with E-state index in [4.69, 9.17) is 0 Å². The summed E-state index contributed by atoms with van der Waals surface area (Å²) in [6.45, 7) is 1.91. The highest BCUT2D eigenvalue weighted by Crippen LogP contribution is 2.18. The molecule has 0 bridgehead atoms. The van der Waals surface area contributed by atoms with Gasteiger partial charge in [0, 0.05) is 0 Å². The van der Waals surface area contributed by atoms with Gasteiger partial charge in [-0.25, -0.2) is 0 Å². The number of allylic oxidation sites excluding steroid dienone is 4. The van der Waals surface area contributed by atoms with Crippen molar-refractivity contribution in [1.82, 2.24) is 0 Å². The summed E-state index contributed by atoms with van der Waals surface area (Å²) in [5.41, 5.74) is 1.72. The first-order valence-electron chi connectivity index (χ1n) is 3.04. The van der Waals surface area contributed by atoms with E-state index in [1.54, 1.807) is 0 Å². The van der Waals surface area contributed by atoms with Crippen molar-refractivity contribution in [2.45, 2.75) is 19.8 Å². The molecule has 0 radical (unpaired) electrons. The maximum absolute atomic E-state index is 10.0. The molecule has 48 valence electrons. The normalized spacial score (nSPS) is 18.3. The van der Waals surface area contributed by atoms with Gasteiger partial charge in [0.2, 0.25) is 0 Å². The van der Waals surface area contributed by atoms with Crippen LogP contribution in [0.1, 0.15) is 19.8 Å². The summed E-state index contributed by atoms with van der Waals surface area (Å²) in [4.78, 5) is 10.0. The molecule has 0 aromatic rings. The molecule has 1 aliphatic rings. The predicted octanol–water partition coefficient (Wildman–Crippen LogP) is 2.38. The second kappa shape index (κ2) is 2.58. The Morgan fingerprint density at radius 1 is 1.67 bits per heavy atom. The van der Waals surface area contributed by atoms with Gasteiger partial charge in [-0.05, 0) is 30.5 Å². The van der Waals surface area contributed by atoms with Crippen molar-refractivity contribution in [1.29, 1.82) is 0 Å². The molecule has 2 heteroatoms. The Morgan fingerprint density at radius 2 is 2.44 bits per heavy atom. The third-order valence-electron chi connectivity index (χ3n) is 1.48. The number of hydrogen-bond donors (Lipinski definition) is 0. The zero-order valence-electron chi connectivity index (χ0n) is 5.42. The molecule has 0 saturated heterocycles. The topological polar surface area (TPSA) is 29.4 Å². The van der Waals surface area contributed by atoms with Crippen molar-refractivity contribution in [2.24, 2.45) is 5.18 Å². The van der Waals surface area contributed by atoms with Crippen LogP contribution in [0, 0.1) is 4.91 Å². The fourth-order valence-electron chi connectivity index (χ4n) is 0.891. The molecule has 1 aliphatic carbocycles. The zero-order chi connectivity index (χ0) is 6.69. The summed E-state index contributed by atoms with van der Waals surface area (Å²) in [6, 6.07) is 0. The molecule has 0 saturated carbocycles. The molecule has 0 amide bonds. The Bertz CT molecular complexity index is 179. The molecule has 9 heavy (non-hydrogen) atoms. The van der Waals surface area contributed by atoms with Crippen LogP contribution in [0.3, 0.4) is 0 Å². The molecule has 2 nitrogen and oxygen atoms in total. The van der Waals surface area contributed by atoms with E-state index >= 15 is 0 Å². The molecule has 0 heterocycles. The molecule has 0 fully saturated rings. The van der Waals surface area contributed by atoms with Crippen molar-refractivity contribution in [2.75, 3.05) is 0 Å². The van der Waals surface area contributed by atoms with Gasteiger partial charge in [-0.15, -0.1) is 4.91 Å². The largest absolute Gasteiger partial charge is 0.145 e. The third-order valence-corrected chi connectivity index (χ3v) is 1.48. The number of nitroso groups, excluding NO2 is 1. The van der Waals surface area contributed by atoms with E-state index < -0.39 is 0 Å². The number of rotatable bonds is 1. The lowest BCUT2D eigenvalue weighted by molar-refractivity contribution is 0.918. The Hall–Kier alpha value is -0.920. The highest BCUT2D eigenvalue weighted by Gasteiger charge is 2.02. The van der Waals surface area contributed by atoms with E-state index in [0.29, 0.717) is 5.70 Å². The second-order valence-electron chi connectivity index (χ2n) is 2.16. The van der Waals surface area contributed by atoms with Crippen LogP contribution in [0.15, 0.2) is 28.6 Å². The Morgan fingerprint density at radius 3 is 2.89 bits per heavy atom. The molecule has 0 N–H and O–H groups in total. The molecule has 0 aliphatic heterocycles. The lowest BCUT2D eigenvalue weighted by Gasteiger charge is -2.03. The van der Waals surface area contributed by atoms with Crippen LogP contribution in [0.25, 0.3) is 0 Å². The van der Waals surface area contributed by atoms with Gasteiger partial charge in [0.25, 0.3) is 0 Å². The van der Waals surface area contributed by atoms with Crippen molar-refractivity contribution in [3.8, 4) is 0 Å². The van der Waals surface area contributed by atoms with Crippen molar-refractivity contribution >= 4 is 0 Å². The van der Waals surface area contributed by atoms with Gasteiger partial charge in [-0.1, -0.05) is 12.2 Å². The van der Waals surface area contributed by atoms with E-state index in [9.17, 15) is 4.91 Å². The molecular formula is C7H9NO. The van der Waals surface area contributed by atoms with Gasteiger partial charge in [0.15, 0.2) is 0 Å². The Balaban J connectivity index is 2.84. The van der Waals surface area contributed by atoms with Gasteiger partial charge in [0.05, 0.1) is 5.70 Å². The molecule has 0 aromatic carbocycles. The smallest absolute Gasteiger partial charge is 0.0881 e.